The van der Waals surface area contributed by atoms with E-state index < -0.39 is 11.0 Å². The van der Waals surface area contributed by atoms with Gasteiger partial charge in [0.2, 0.25) is 0 Å². The summed E-state index contributed by atoms with van der Waals surface area (Å²) in [6, 6.07) is 13.0. The molecule has 138 valence electrons. The predicted octanol–water partition coefficient (Wildman–Crippen LogP) is 3.03. The third-order valence-electron chi connectivity index (χ3n) is 3.91. The first-order valence-electron chi connectivity index (χ1n) is 8.01. The Bertz CT molecular complexity index is 779. The Morgan fingerprint density at radius 3 is 2.62 bits per heavy atom. The van der Waals surface area contributed by atoms with Crippen molar-refractivity contribution in [1.82, 2.24) is 10.2 Å². The lowest BCUT2D eigenvalue weighted by Gasteiger charge is -2.25. The zero-order chi connectivity index (χ0) is 19.1. The molecule has 8 nitrogen and oxygen atoms in total. The van der Waals surface area contributed by atoms with Gasteiger partial charge in [0.25, 0.3) is 5.69 Å². The molecule has 2 rings (SSSR count). The summed E-state index contributed by atoms with van der Waals surface area (Å²) >= 11 is 0. The van der Waals surface area contributed by atoms with Crippen LogP contribution in [0.15, 0.2) is 48.5 Å². The number of rotatable bonds is 7. The van der Waals surface area contributed by atoms with Crippen molar-refractivity contribution in [1.29, 1.82) is 0 Å². The van der Waals surface area contributed by atoms with Gasteiger partial charge in [-0.15, -0.1) is 0 Å². The maximum absolute atomic E-state index is 12.2. The summed E-state index contributed by atoms with van der Waals surface area (Å²) in [5.41, 5.74) is 0.984. The fourth-order valence-electron chi connectivity index (χ4n) is 2.54. The summed E-state index contributed by atoms with van der Waals surface area (Å²) in [6.07, 6.45) is 0. The van der Waals surface area contributed by atoms with E-state index in [2.05, 4.69) is 10.6 Å². The average molecular weight is 358 g/mol. The van der Waals surface area contributed by atoms with Crippen LogP contribution in [0.25, 0.3) is 0 Å². The molecule has 0 aromatic heterocycles. The van der Waals surface area contributed by atoms with Gasteiger partial charge in [-0.05, 0) is 37.9 Å². The molecule has 0 heterocycles. The number of carbonyl (C=O) groups excluding carboxylic acids is 1. The number of ether oxygens (including phenoxy) is 1. The molecule has 0 spiro atoms. The van der Waals surface area contributed by atoms with E-state index in [9.17, 15) is 14.9 Å². The number of benzene rings is 2. The monoisotopic (exact) mass is 358 g/mol. The van der Waals surface area contributed by atoms with E-state index in [0.29, 0.717) is 6.54 Å². The van der Waals surface area contributed by atoms with Crippen LogP contribution in [0.4, 0.5) is 16.2 Å². The summed E-state index contributed by atoms with van der Waals surface area (Å²) in [5, 5.41) is 16.3. The quantitative estimate of drug-likeness (QED) is 0.586. The number of nitrogens with zero attached hydrogens (tertiary/aromatic N) is 2. The summed E-state index contributed by atoms with van der Waals surface area (Å²) < 4.78 is 5.24. The molecule has 0 aliphatic heterocycles. The van der Waals surface area contributed by atoms with Crippen LogP contribution in [-0.2, 0) is 0 Å². The number of urea groups is 1. The number of likely N-dealkylation sites (N-methyl/N-ethyl adjacent to an activating group) is 1. The van der Waals surface area contributed by atoms with Crippen molar-refractivity contribution in [3.63, 3.8) is 0 Å². The van der Waals surface area contributed by atoms with E-state index in [4.69, 9.17) is 4.74 Å². The summed E-state index contributed by atoms with van der Waals surface area (Å²) in [7, 11) is 5.42. The van der Waals surface area contributed by atoms with Crippen molar-refractivity contribution in [3.8, 4) is 5.75 Å². The number of hydrogen-bond donors (Lipinski definition) is 2. The Labute approximate surface area is 151 Å². The van der Waals surface area contributed by atoms with E-state index in [1.54, 1.807) is 19.2 Å². The van der Waals surface area contributed by atoms with Crippen LogP contribution in [0.2, 0.25) is 0 Å². The molecule has 2 aromatic rings. The highest BCUT2D eigenvalue weighted by molar-refractivity contribution is 5.91. The summed E-state index contributed by atoms with van der Waals surface area (Å²) in [4.78, 5) is 24.6. The lowest BCUT2D eigenvalue weighted by atomic mass is 10.1. The molecule has 0 saturated heterocycles. The fourth-order valence-corrected chi connectivity index (χ4v) is 2.54. The molecule has 0 aliphatic carbocycles. The smallest absolute Gasteiger partial charge is 0.319 e. The van der Waals surface area contributed by atoms with Gasteiger partial charge in [-0.3, -0.25) is 10.1 Å². The zero-order valence-electron chi connectivity index (χ0n) is 14.9. The third-order valence-corrected chi connectivity index (χ3v) is 3.91. The lowest BCUT2D eigenvalue weighted by molar-refractivity contribution is -0.383. The minimum Gasteiger partial charge on any atom is -0.497 e. The maximum Gasteiger partial charge on any atom is 0.319 e. The van der Waals surface area contributed by atoms with E-state index in [0.717, 1.165) is 11.3 Å². The van der Waals surface area contributed by atoms with Crippen LogP contribution in [0.3, 0.4) is 0 Å². The zero-order valence-corrected chi connectivity index (χ0v) is 14.9. The first-order valence-corrected chi connectivity index (χ1v) is 8.01. The fraction of sp³-hybridized carbons (Fsp3) is 0.278. The van der Waals surface area contributed by atoms with Crippen LogP contribution in [0.5, 0.6) is 5.75 Å². The van der Waals surface area contributed by atoms with Gasteiger partial charge >= 0.3 is 6.03 Å². The number of amides is 2. The van der Waals surface area contributed by atoms with Gasteiger partial charge in [-0.2, -0.15) is 0 Å². The molecule has 26 heavy (non-hydrogen) atoms. The Hall–Kier alpha value is -3.13. The Morgan fingerprint density at radius 2 is 1.96 bits per heavy atom. The van der Waals surface area contributed by atoms with E-state index in [-0.39, 0.29) is 17.4 Å². The van der Waals surface area contributed by atoms with Crippen LogP contribution < -0.4 is 15.4 Å². The third kappa shape index (κ3) is 4.93. The number of nitro benzene ring substituents is 1. The molecule has 2 N–H and O–H groups in total. The van der Waals surface area contributed by atoms with Crippen LogP contribution in [-0.4, -0.2) is 43.6 Å². The van der Waals surface area contributed by atoms with Gasteiger partial charge < -0.3 is 20.3 Å². The molecular formula is C18H22N4O4. The van der Waals surface area contributed by atoms with Gasteiger partial charge in [0.15, 0.2) is 0 Å². The van der Waals surface area contributed by atoms with Crippen molar-refractivity contribution in [2.75, 3.05) is 33.1 Å². The number of carbonyl (C=O) groups is 1. The summed E-state index contributed by atoms with van der Waals surface area (Å²) in [5.74, 6) is 0.735. The average Bonchev–Trinajstić information content (AvgIpc) is 2.62. The predicted molar refractivity (Wildman–Crippen MR) is 99.5 cm³/mol. The normalized spacial score (nSPS) is 11.7. The number of nitrogens with one attached hydrogen (secondary N) is 2. The number of nitro groups is 1. The molecule has 0 fully saturated rings. The van der Waals surface area contributed by atoms with Crippen molar-refractivity contribution >= 4 is 17.4 Å². The highest BCUT2D eigenvalue weighted by atomic mass is 16.6. The van der Waals surface area contributed by atoms with Gasteiger partial charge in [0.1, 0.15) is 11.4 Å². The highest BCUT2D eigenvalue weighted by Gasteiger charge is 2.18. The Kier molecular flexibility index (Phi) is 6.51. The Morgan fingerprint density at radius 1 is 1.23 bits per heavy atom. The van der Waals surface area contributed by atoms with Gasteiger partial charge in [0.05, 0.1) is 18.1 Å². The highest BCUT2D eigenvalue weighted by Crippen LogP contribution is 2.24. The second-order valence-corrected chi connectivity index (χ2v) is 5.87. The molecule has 2 aromatic carbocycles. The van der Waals surface area contributed by atoms with E-state index in [1.165, 1.54) is 12.1 Å². The van der Waals surface area contributed by atoms with Crippen molar-refractivity contribution in [2.24, 2.45) is 0 Å². The molecule has 1 unspecified atom stereocenters. The number of hydrogen-bond acceptors (Lipinski definition) is 5. The van der Waals surface area contributed by atoms with Gasteiger partial charge in [-0.1, -0.05) is 24.3 Å². The standard InChI is InChI=1S/C18H22N4O4/c1-21(2)17(13-7-6-8-14(11-13)26-3)12-19-18(23)20-15-9-4-5-10-16(15)22(24)25/h4-11,17H,12H2,1-3H3,(H2,19,20,23). The second-order valence-electron chi connectivity index (χ2n) is 5.87. The molecule has 1 atom stereocenters. The number of para-hydroxylation sites is 2. The van der Waals surface area contributed by atoms with Crippen LogP contribution >= 0.6 is 0 Å². The minimum atomic E-state index is -0.533. The van der Waals surface area contributed by atoms with E-state index >= 15 is 0 Å². The molecule has 0 aliphatic rings. The molecule has 2 amide bonds. The van der Waals surface area contributed by atoms with E-state index in [1.807, 2.05) is 43.3 Å². The van der Waals surface area contributed by atoms with Crippen LogP contribution in [0, 0.1) is 10.1 Å². The largest absolute Gasteiger partial charge is 0.497 e. The van der Waals surface area contributed by atoms with Crippen molar-refractivity contribution in [2.45, 2.75) is 6.04 Å². The second kappa shape index (κ2) is 8.82. The first kappa shape index (κ1) is 19.2. The number of methoxy groups -OCH3 is 1. The molecule has 8 heteroatoms. The van der Waals surface area contributed by atoms with Crippen LogP contribution in [0.1, 0.15) is 11.6 Å². The molecule has 0 bridgehead atoms. The SMILES string of the molecule is COc1cccc(C(CNC(=O)Nc2ccccc2[N+](=O)[O-])N(C)C)c1. The maximum atomic E-state index is 12.2. The van der Waals surface area contributed by atoms with Crippen molar-refractivity contribution in [3.05, 3.63) is 64.2 Å². The molecule has 0 saturated carbocycles. The summed E-state index contributed by atoms with van der Waals surface area (Å²) in [6.45, 7) is 0.326. The number of anilines is 1. The van der Waals surface area contributed by atoms with Gasteiger partial charge in [0, 0.05) is 12.6 Å². The first-order chi connectivity index (χ1) is 12.4. The molecular weight excluding hydrogens is 336 g/mol. The Balaban J connectivity index is 2.05. The minimum absolute atomic E-state index is 0.0818. The van der Waals surface area contributed by atoms with Gasteiger partial charge in [-0.25, -0.2) is 4.79 Å². The molecule has 0 radical (unpaired) electrons. The topological polar surface area (TPSA) is 96.7 Å². The van der Waals surface area contributed by atoms with Crippen molar-refractivity contribution < 1.29 is 14.5 Å². The lowest BCUT2D eigenvalue weighted by Crippen LogP contribution is -2.37.